The fourth-order valence-electron chi connectivity index (χ4n) is 3.53. The molecule has 3 aromatic carbocycles. The van der Waals surface area contributed by atoms with E-state index < -0.39 is 5.97 Å². The molecule has 3 aromatic rings. The lowest BCUT2D eigenvalue weighted by Crippen LogP contribution is -2.34. The molecule has 0 aliphatic carbocycles. The van der Waals surface area contributed by atoms with Crippen molar-refractivity contribution in [2.75, 3.05) is 17.2 Å². The van der Waals surface area contributed by atoms with Crippen LogP contribution in [-0.4, -0.2) is 29.5 Å². The first-order chi connectivity index (χ1) is 18.1. The van der Waals surface area contributed by atoms with Crippen LogP contribution in [0.5, 0.6) is 0 Å². The van der Waals surface area contributed by atoms with Crippen LogP contribution in [0.25, 0.3) is 0 Å². The van der Waals surface area contributed by atoms with Crippen LogP contribution in [0.1, 0.15) is 55.1 Å². The summed E-state index contributed by atoms with van der Waals surface area (Å²) in [6.45, 7) is 6.64. The number of benzene rings is 3. The molecule has 0 heterocycles. The molecule has 198 valence electrons. The van der Waals surface area contributed by atoms with Crippen molar-refractivity contribution in [1.29, 1.82) is 0 Å². The highest BCUT2D eigenvalue weighted by molar-refractivity contribution is 7.80. The van der Waals surface area contributed by atoms with Gasteiger partial charge in [-0.2, -0.15) is 0 Å². The van der Waals surface area contributed by atoms with E-state index in [1.54, 1.807) is 24.3 Å². The molecule has 3 N–H and O–H groups in total. The van der Waals surface area contributed by atoms with Crippen molar-refractivity contribution < 1.29 is 19.1 Å². The lowest BCUT2D eigenvalue weighted by molar-refractivity contribution is -0.144. The molecule has 0 saturated carbocycles. The van der Waals surface area contributed by atoms with E-state index >= 15 is 0 Å². The zero-order chi connectivity index (χ0) is 27.5. The molecule has 0 aliphatic heterocycles. The maximum absolute atomic E-state index is 12.6. The van der Waals surface area contributed by atoms with Crippen LogP contribution >= 0.6 is 12.2 Å². The molecule has 0 aliphatic rings. The van der Waals surface area contributed by atoms with Gasteiger partial charge >= 0.3 is 5.97 Å². The van der Waals surface area contributed by atoms with Crippen LogP contribution in [0.2, 0.25) is 0 Å². The first kappa shape index (κ1) is 28.5. The Morgan fingerprint density at radius 2 is 1.39 bits per heavy atom. The molecule has 0 unspecified atom stereocenters. The first-order valence-corrected chi connectivity index (χ1v) is 12.8. The second-order valence-corrected chi connectivity index (χ2v) is 10.2. The zero-order valence-electron chi connectivity index (χ0n) is 21.9. The Morgan fingerprint density at radius 1 is 0.789 bits per heavy atom. The average molecular weight is 532 g/mol. The van der Waals surface area contributed by atoms with Gasteiger partial charge in [0.05, 0.1) is 13.0 Å². The molecular weight excluding hydrogens is 498 g/mol. The number of hydrogen-bond acceptors (Lipinski definition) is 5. The standard InChI is InChI=1S/C30H33N3O4S/c1-30(2,3)23-11-9-22(10-12-23)28(36)31-24-13-15-25(16-14-24)32-29(38)33-26(34)17-18-27(35)37-20-19-21-7-5-4-6-8-21/h4-16H,17-20H2,1-3H3,(H,31,36)(H2,32,33,34,38). The summed E-state index contributed by atoms with van der Waals surface area (Å²) < 4.78 is 5.19. The average Bonchev–Trinajstić information content (AvgIpc) is 2.89. The zero-order valence-corrected chi connectivity index (χ0v) is 22.7. The Bertz CT molecular complexity index is 1250. The van der Waals surface area contributed by atoms with Crippen molar-refractivity contribution in [2.24, 2.45) is 0 Å². The Kier molecular flexibility index (Phi) is 10.1. The third kappa shape index (κ3) is 9.44. The molecule has 3 rings (SSSR count). The summed E-state index contributed by atoms with van der Waals surface area (Å²) in [6.07, 6.45) is 0.560. The van der Waals surface area contributed by atoms with Crippen molar-refractivity contribution in [3.63, 3.8) is 0 Å². The highest BCUT2D eigenvalue weighted by Gasteiger charge is 2.14. The van der Waals surface area contributed by atoms with Gasteiger partial charge in [0, 0.05) is 29.8 Å². The van der Waals surface area contributed by atoms with Crippen LogP contribution in [-0.2, 0) is 26.2 Å². The number of carbonyl (C=O) groups is 3. The molecule has 0 bridgehead atoms. The Balaban J connectivity index is 1.37. The van der Waals surface area contributed by atoms with Crippen LogP contribution in [0.4, 0.5) is 11.4 Å². The molecule has 0 saturated heterocycles. The first-order valence-electron chi connectivity index (χ1n) is 12.4. The minimum absolute atomic E-state index is 0.0202. The lowest BCUT2D eigenvalue weighted by Gasteiger charge is -2.19. The summed E-state index contributed by atoms with van der Waals surface area (Å²) in [7, 11) is 0. The summed E-state index contributed by atoms with van der Waals surface area (Å²) in [5.74, 6) is -1.02. The summed E-state index contributed by atoms with van der Waals surface area (Å²) in [4.78, 5) is 36.6. The van der Waals surface area contributed by atoms with Gasteiger partial charge < -0.3 is 20.7 Å². The van der Waals surface area contributed by atoms with E-state index in [4.69, 9.17) is 17.0 Å². The molecule has 0 aromatic heterocycles. The Hall–Kier alpha value is -4.04. The minimum atomic E-state index is -0.433. The Morgan fingerprint density at radius 3 is 2.00 bits per heavy atom. The third-order valence-corrected chi connectivity index (χ3v) is 5.92. The van der Waals surface area contributed by atoms with Crippen molar-refractivity contribution in [2.45, 2.75) is 45.4 Å². The van der Waals surface area contributed by atoms with Crippen LogP contribution in [0, 0.1) is 0 Å². The third-order valence-electron chi connectivity index (χ3n) is 5.72. The molecule has 0 radical (unpaired) electrons. The van der Waals surface area contributed by atoms with Crippen molar-refractivity contribution in [1.82, 2.24) is 5.32 Å². The second kappa shape index (κ2) is 13.5. The number of carbonyl (C=O) groups excluding carboxylic acids is 3. The topological polar surface area (TPSA) is 96.5 Å². The molecule has 0 spiro atoms. The molecule has 2 amide bonds. The maximum Gasteiger partial charge on any atom is 0.306 e. The van der Waals surface area contributed by atoms with Gasteiger partial charge in [-0.25, -0.2) is 0 Å². The van der Waals surface area contributed by atoms with Gasteiger partial charge in [-0.1, -0.05) is 63.2 Å². The molecule has 0 fully saturated rings. The van der Waals surface area contributed by atoms with Gasteiger partial charge in [-0.05, 0) is 65.2 Å². The summed E-state index contributed by atoms with van der Waals surface area (Å²) >= 11 is 5.19. The van der Waals surface area contributed by atoms with Gasteiger partial charge in [0.15, 0.2) is 5.11 Å². The maximum atomic E-state index is 12.6. The number of thiocarbonyl (C=S) groups is 1. The van der Waals surface area contributed by atoms with E-state index in [0.717, 1.165) is 11.1 Å². The quantitative estimate of drug-likeness (QED) is 0.245. The highest BCUT2D eigenvalue weighted by atomic mass is 32.1. The van der Waals surface area contributed by atoms with Gasteiger partial charge in [0.2, 0.25) is 5.91 Å². The monoisotopic (exact) mass is 531 g/mol. The number of nitrogens with one attached hydrogen (secondary N) is 3. The van der Waals surface area contributed by atoms with E-state index in [1.807, 2.05) is 54.6 Å². The van der Waals surface area contributed by atoms with E-state index in [-0.39, 0.29) is 41.8 Å². The van der Waals surface area contributed by atoms with E-state index in [9.17, 15) is 14.4 Å². The van der Waals surface area contributed by atoms with Crippen molar-refractivity contribution >= 4 is 46.5 Å². The van der Waals surface area contributed by atoms with Crippen LogP contribution in [0.15, 0.2) is 78.9 Å². The van der Waals surface area contributed by atoms with E-state index in [0.29, 0.717) is 23.4 Å². The fraction of sp³-hybridized carbons (Fsp3) is 0.267. The number of amides is 2. The van der Waals surface area contributed by atoms with Gasteiger partial charge in [0.1, 0.15) is 0 Å². The normalized spacial score (nSPS) is 10.8. The van der Waals surface area contributed by atoms with Crippen molar-refractivity contribution in [3.8, 4) is 0 Å². The van der Waals surface area contributed by atoms with Gasteiger partial charge in [0.25, 0.3) is 5.91 Å². The Labute approximate surface area is 229 Å². The predicted octanol–water partition coefficient (Wildman–Crippen LogP) is 5.62. The van der Waals surface area contributed by atoms with E-state index in [2.05, 4.69) is 36.7 Å². The minimum Gasteiger partial charge on any atom is -0.465 e. The summed E-state index contributed by atoms with van der Waals surface area (Å²) in [5.41, 5.74) is 4.10. The molecule has 7 nitrogen and oxygen atoms in total. The fourth-order valence-corrected chi connectivity index (χ4v) is 3.76. The lowest BCUT2D eigenvalue weighted by atomic mass is 9.87. The number of esters is 1. The molecule has 8 heteroatoms. The highest BCUT2D eigenvalue weighted by Crippen LogP contribution is 2.22. The summed E-state index contributed by atoms with van der Waals surface area (Å²) in [5, 5.41) is 8.45. The number of ether oxygens (including phenoxy) is 1. The summed E-state index contributed by atoms with van der Waals surface area (Å²) in [6, 6.07) is 24.2. The molecular formula is C30H33N3O4S. The van der Waals surface area contributed by atoms with Crippen molar-refractivity contribution in [3.05, 3.63) is 95.6 Å². The predicted molar refractivity (Wildman–Crippen MR) is 154 cm³/mol. The molecule has 0 atom stereocenters. The van der Waals surface area contributed by atoms with Gasteiger partial charge in [-0.3, -0.25) is 14.4 Å². The SMILES string of the molecule is CC(C)(C)c1ccc(C(=O)Nc2ccc(NC(=S)NC(=O)CCC(=O)OCCc3ccccc3)cc2)cc1. The van der Waals surface area contributed by atoms with Crippen LogP contribution in [0.3, 0.4) is 0 Å². The molecule has 38 heavy (non-hydrogen) atoms. The number of rotatable bonds is 9. The smallest absolute Gasteiger partial charge is 0.306 e. The van der Waals surface area contributed by atoms with Gasteiger partial charge in [-0.15, -0.1) is 0 Å². The van der Waals surface area contributed by atoms with Crippen LogP contribution < -0.4 is 16.0 Å². The second-order valence-electron chi connectivity index (χ2n) is 9.82. The van der Waals surface area contributed by atoms with E-state index in [1.165, 1.54) is 0 Å². The number of anilines is 2. The largest absolute Gasteiger partial charge is 0.465 e. The number of hydrogen-bond donors (Lipinski definition) is 3.